The lowest BCUT2D eigenvalue weighted by Gasteiger charge is -2.43. The van der Waals surface area contributed by atoms with Crippen molar-refractivity contribution < 1.29 is 9.53 Å². The topological polar surface area (TPSA) is 29.5 Å². The third-order valence-electron chi connectivity index (χ3n) is 2.13. The SMILES string of the molecule is COC(=S)C1=CCS[C@@H]2CC(=O)N12. The fraction of sp³-hybridized carbons (Fsp3) is 0.500. The van der Waals surface area contributed by atoms with E-state index in [1.807, 2.05) is 6.08 Å². The summed E-state index contributed by atoms with van der Waals surface area (Å²) < 4.78 is 4.95. The first-order valence-corrected chi connectivity index (χ1v) is 5.42. The van der Waals surface area contributed by atoms with Gasteiger partial charge >= 0.3 is 0 Å². The first kappa shape index (κ1) is 9.02. The van der Waals surface area contributed by atoms with E-state index >= 15 is 0 Å². The minimum atomic E-state index is 0.142. The van der Waals surface area contributed by atoms with Gasteiger partial charge < -0.3 is 4.74 Å². The Morgan fingerprint density at radius 3 is 3.23 bits per heavy atom. The number of methoxy groups -OCH3 is 1. The second-order valence-corrected chi connectivity index (χ2v) is 4.42. The molecule has 0 aromatic carbocycles. The van der Waals surface area contributed by atoms with Crippen molar-refractivity contribution in [2.24, 2.45) is 0 Å². The Kier molecular flexibility index (Phi) is 2.29. The Morgan fingerprint density at radius 1 is 1.85 bits per heavy atom. The normalized spacial score (nSPS) is 25.9. The van der Waals surface area contributed by atoms with Crippen molar-refractivity contribution in [1.29, 1.82) is 0 Å². The number of ether oxygens (including phenoxy) is 1. The van der Waals surface area contributed by atoms with Crippen molar-refractivity contribution in [3.8, 4) is 0 Å². The minimum absolute atomic E-state index is 0.142. The molecule has 1 atom stereocenters. The summed E-state index contributed by atoms with van der Waals surface area (Å²) in [5.41, 5.74) is 0.775. The molecule has 2 aliphatic heterocycles. The molecule has 3 nitrogen and oxygen atoms in total. The highest BCUT2D eigenvalue weighted by Gasteiger charge is 2.41. The molecule has 2 heterocycles. The molecule has 1 amide bonds. The van der Waals surface area contributed by atoms with E-state index in [1.165, 1.54) is 7.11 Å². The van der Waals surface area contributed by atoms with Gasteiger partial charge in [-0.1, -0.05) is 0 Å². The van der Waals surface area contributed by atoms with E-state index in [2.05, 4.69) is 0 Å². The molecule has 2 rings (SSSR count). The van der Waals surface area contributed by atoms with Crippen LogP contribution in [0.2, 0.25) is 0 Å². The number of fused-ring (bicyclic) bond motifs is 1. The number of carbonyl (C=O) groups excluding carboxylic acids is 1. The largest absolute Gasteiger partial charge is 0.485 e. The lowest BCUT2D eigenvalue weighted by atomic mass is 10.1. The molecular weight excluding hydrogens is 206 g/mol. The number of β-lactam (4-membered cyclic amide) rings is 1. The van der Waals surface area contributed by atoms with Gasteiger partial charge in [0.25, 0.3) is 0 Å². The van der Waals surface area contributed by atoms with E-state index < -0.39 is 0 Å². The number of thioether (sulfide) groups is 1. The third kappa shape index (κ3) is 1.36. The molecule has 0 aromatic rings. The maximum absolute atomic E-state index is 11.3. The predicted octanol–water partition coefficient (Wildman–Crippen LogP) is 1.15. The van der Waals surface area contributed by atoms with E-state index in [0.717, 1.165) is 11.4 Å². The highest BCUT2D eigenvalue weighted by atomic mass is 32.2. The molecule has 0 saturated carbocycles. The van der Waals surface area contributed by atoms with Crippen LogP contribution in [0.5, 0.6) is 0 Å². The first-order valence-electron chi connectivity index (χ1n) is 3.96. The van der Waals surface area contributed by atoms with Crippen LogP contribution in [0.1, 0.15) is 6.42 Å². The van der Waals surface area contributed by atoms with Crippen LogP contribution in [0.25, 0.3) is 0 Å². The maximum Gasteiger partial charge on any atom is 0.231 e. The van der Waals surface area contributed by atoms with Crippen LogP contribution in [0.3, 0.4) is 0 Å². The molecule has 0 aromatic heterocycles. The van der Waals surface area contributed by atoms with Crippen LogP contribution >= 0.6 is 24.0 Å². The molecule has 0 spiro atoms. The molecule has 70 valence electrons. The van der Waals surface area contributed by atoms with Crippen molar-refractivity contribution in [2.45, 2.75) is 11.8 Å². The second kappa shape index (κ2) is 3.31. The first-order chi connectivity index (χ1) is 6.24. The fourth-order valence-corrected chi connectivity index (χ4v) is 2.73. The number of amides is 1. The number of rotatable bonds is 1. The Labute approximate surface area is 86.1 Å². The van der Waals surface area contributed by atoms with Gasteiger partial charge in [-0.05, 0) is 18.3 Å². The van der Waals surface area contributed by atoms with E-state index in [0.29, 0.717) is 16.8 Å². The third-order valence-corrected chi connectivity index (χ3v) is 3.62. The van der Waals surface area contributed by atoms with Gasteiger partial charge in [0.05, 0.1) is 24.6 Å². The van der Waals surface area contributed by atoms with Gasteiger partial charge in [-0.15, -0.1) is 11.8 Å². The van der Waals surface area contributed by atoms with Gasteiger partial charge in [0.1, 0.15) is 0 Å². The summed E-state index contributed by atoms with van der Waals surface area (Å²) in [4.78, 5) is 13.0. The van der Waals surface area contributed by atoms with Gasteiger partial charge in [0.2, 0.25) is 11.0 Å². The smallest absolute Gasteiger partial charge is 0.231 e. The van der Waals surface area contributed by atoms with Crippen LogP contribution < -0.4 is 0 Å². The van der Waals surface area contributed by atoms with Crippen LogP contribution in [-0.4, -0.2) is 34.1 Å². The zero-order valence-electron chi connectivity index (χ0n) is 7.15. The average molecular weight is 215 g/mol. The summed E-state index contributed by atoms with van der Waals surface area (Å²) in [5.74, 6) is 1.05. The predicted molar refractivity (Wildman–Crippen MR) is 55.4 cm³/mol. The second-order valence-electron chi connectivity index (χ2n) is 2.84. The highest BCUT2D eigenvalue weighted by molar-refractivity contribution is 8.00. The van der Waals surface area contributed by atoms with Crippen molar-refractivity contribution >= 4 is 34.9 Å². The molecule has 5 heteroatoms. The van der Waals surface area contributed by atoms with Crippen molar-refractivity contribution in [2.75, 3.05) is 12.9 Å². The Balaban J connectivity index is 2.21. The van der Waals surface area contributed by atoms with Gasteiger partial charge in [-0.3, -0.25) is 9.69 Å². The quantitative estimate of drug-likeness (QED) is 0.485. The number of hydrogen-bond donors (Lipinski definition) is 0. The van der Waals surface area contributed by atoms with Gasteiger partial charge in [0.15, 0.2) is 0 Å². The standard InChI is InChI=1S/C8H9NO2S2/c1-11-8(12)5-2-3-13-7-4-6(10)9(5)7/h2,7H,3-4H2,1H3/t7-/m1/s1. The van der Waals surface area contributed by atoms with Crippen LogP contribution in [0, 0.1) is 0 Å². The minimum Gasteiger partial charge on any atom is -0.485 e. The number of nitrogens with zero attached hydrogens (tertiary/aromatic N) is 1. The molecule has 2 aliphatic rings. The highest BCUT2D eigenvalue weighted by Crippen LogP contribution is 2.37. The summed E-state index contributed by atoms with van der Waals surface area (Å²) in [6.07, 6.45) is 2.58. The summed E-state index contributed by atoms with van der Waals surface area (Å²) in [6, 6.07) is 0. The monoisotopic (exact) mass is 215 g/mol. The Hall–Kier alpha value is -0.550. The molecule has 1 saturated heterocycles. The van der Waals surface area contributed by atoms with Gasteiger partial charge in [-0.25, -0.2) is 0 Å². The zero-order valence-corrected chi connectivity index (χ0v) is 8.78. The summed E-state index contributed by atoms with van der Waals surface area (Å²) in [7, 11) is 1.53. The van der Waals surface area contributed by atoms with E-state index in [-0.39, 0.29) is 5.91 Å². The summed E-state index contributed by atoms with van der Waals surface area (Å²) >= 11 is 6.76. The Bertz CT molecular complexity index is 301. The summed E-state index contributed by atoms with van der Waals surface area (Å²) in [6.45, 7) is 0. The zero-order chi connectivity index (χ0) is 9.42. The van der Waals surface area contributed by atoms with E-state index in [9.17, 15) is 4.79 Å². The molecule has 0 bridgehead atoms. The van der Waals surface area contributed by atoms with Crippen LogP contribution in [0.15, 0.2) is 11.8 Å². The van der Waals surface area contributed by atoms with Crippen molar-refractivity contribution in [1.82, 2.24) is 4.90 Å². The number of thiocarbonyl (C=S) groups is 1. The van der Waals surface area contributed by atoms with Crippen LogP contribution in [-0.2, 0) is 9.53 Å². The lowest BCUT2D eigenvalue weighted by Crippen LogP contribution is -2.52. The molecule has 0 aliphatic carbocycles. The molecule has 0 unspecified atom stereocenters. The maximum atomic E-state index is 11.3. The van der Waals surface area contributed by atoms with Gasteiger partial charge in [0, 0.05) is 5.75 Å². The van der Waals surface area contributed by atoms with Crippen molar-refractivity contribution in [3.05, 3.63) is 11.8 Å². The van der Waals surface area contributed by atoms with Gasteiger partial charge in [-0.2, -0.15) is 0 Å². The van der Waals surface area contributed by atoms with E-state index in [4.69, 9.17) is 17.0 Å². The van der Waals surface area contributed by atoms with Crippen molar-refractivity contribution in [3.63, 3.8) is 0 Å². The molecule has 0 radical (unpaired) electrons. The average Bonchev–Trinajstić information content (AvgIpc) is 2.14. The van der Waals surface area contributed by atoms with Crippen LogP contribution in [0.4, 0.5) is 0 Å². The fourth-order valence-electron chi connectivity index (χ4n) is 1.43. The molecule has 0 N–H and O–H groups in total. The molecule has 1 fully saturated rings. The number of carbonyl (C=O) groups is 1. The molecular formula is C8H9NO2S2. The summed E-state index contributed by atoms with van der Waals surface area (Å²) in [5, 5.41) is 0.707. The van der Waals surface area contributed by atoms with E-state index in [1.54, 1.807) is 16.7 Å². The molecule has 13 heavy (non-hydrogen) atoms. The Morgan fingerprint density at radius 2 is 2.62 bits per heavy atom. The number of hydrogen-bond acceptors (Lipinski definition) is 4. The lowest BCUT2D eigenvalue weighted by molar-refractivity contribution is -0.138.